The summed E-state index contributed by atoms with van der Waals surface area (Å²) in [5, 5.41) is 0. The van der Waals surface area contributed by atoms with Crippen molar-refractivity contribution in [2.75, 3.05) is 0 Å². The van der Waals surface area contributed by atoms with Crippen molar-refractivity contribution < 1.29 is 9.59 Å². The average molecular weight is 168 g/mol. The first-order chi connectivity index (χ1) is 5.59. The predicted octanol–water partition coefficient (Wildman–Crippen LogP) is 1.83. The number of Topliss-reactive ketones (excluding diaryl/α,β-unsaturated/α-hetero) is 2. The van der Waals surface area contributed by atoms with Crippen LogP contribution in [-0.2, 0) is 9.59 Å². The molecule has 0 aromatic carbocycles. The first kappa shape index (κ1) is 9.43. The lowest BCUT2D eigenvalue weighted by molar-refractivity contribution is -0.127. The average Bonchev–Trinajstić information content (AvgIpc) is 2.23. The molecule has 0 radical (unpaired) electrons. The van der Waals surface area contributed by atoms with Crippen LogP contribution >= 0.6 is 0 Å². The van der Waals surface area contributed by atoms with Crippen molar-refractivity contribution in [2.24, 2.45) is 17.8 Å². The normalized spacial score (nSPS) is 36.1. The summed E-state index contributed by atoms with van der Waals surface area (Å²) in [6, 6.07) is 0. The Labute approximate surface area is 73.3 Å². The van der Waals surface area contributed by atoms with Gasteiger partial charge in [0.15, 0.2) is 0 Å². The Bertz CT molecular complexity index is 208. The third kappa shape index (κ3) is 1.30. The Balaban J connectivity index is 2.76. The molecule has 68 valence electrons. The molecule has 0 amide bonds. The largest absolute Gasteiger partial charge is 0.299 e. The molecule has 0 spiro atoms. The number of hydrogen-bond acceptors (Lipinski definition) is 2. The van der Waals surface area contributed by atoms with Crippen LogP contribution < -0.4 is 0 Å². The second-order valence-corrected chi connectivity index (χ2v) is 3.71. The van der Waals surface area contributed by atoms with Gasteiger partial charge in [0.05, 0.1) is 5.92 Å². The van der Waals surface area contributed by atoms with Crippen LogP contribution in [0.15, 0.2) is 0 Å². The molecule has 0 aromatic heterocycles. The molecule has 1 aliphatic rings. The Kier molecular flexibility index (Phi) is 2.65. The van der Waals surface area contributed by atoms with Crippen molar-refractivity contribution in [1.82, 2.24) is 0 Å². The van der Waals surface area contributed by atoms with E-state index >= 15 is 0 Å². The van der Waals surface area contributed by atoms with Crippen LogP contribution in [0.5, 0.6) is 0 Å². The monoisotopic (exact) mass is 168 g/mol. The second-order valence-electron chi connectivity index (χ2n) is 3.71. The summed E-state index contributed by atoms with van der Waals surface area (Å²) in [4.78, 5) is 22.9. The Hall–Kier alpha value is -0.660. The van der Waals surface area contributed by atoms with Gasteiger partial charge in [0.1, 0.15) is 11.6 Å². The summed E-state index contributed by atoms with van der Waals surface area (Å²) in [5.41, 5.74) is 0. The quantitative estimate of drug-likeness (QED) is 0.589. The minimum Gasteiger partial charge on any atom is -0.299 e. The summed E-state index contributed by atoms with van der Waals surface area (Å²) >= 11 is 0. The SMILES string of the molecule is CCCC1C(=O)C(C)C(=O)C1C. The fraction of sp³-hybridized carbons (Fsp3) is 0.800. The van der Waals surface area contributed by atoms with Crippen molar-refractivity contribution >= 4 is 11.6 Å². The molecule has 0 bridgehead atoms. The summed E-state index contributed by atoms with van der Waals surface area (Å²) in [5.74, 6) is -0.0608. The lowest BCUT2D eigenvalue weighted by atomic mass is 9.92. The molecule has 1 saturated carbocycles. The molecule has 2 heteroatoms. The van der Waals surface area contributed by atoms with Crippen molar-refractivity contribution in [3.8, 4) is 0 Å². The van der Waals surface area contributed by atoms with E-state index in [0.717, 1.165) is 12.8 Å². The van der Waals surface area contributed by atoms with Gasteiger partial charge in [0.2, 0.25) is 0 Å². The molecule has 0 heterocycles. The van der Waals surface area contributed by atoms with E-state index in [9.17, 15) is 9.59 Å². The van der Waals surface area contributed by atoms with E-state index in [0.29, 0.717) is 0 Å². The molecular formula is C10H16O2. The van der Waals surface area contributed by atoms with Crippen LogP contribution in [0.4, 0.5) is 0 Å². The summed E-state index contributed by atoms with van der Waals surface area (Å²) < 4.78 is 0. The minimum atomic E-state index is -0.337. The zero-order valence-electron chi connectivity index (χ0n) is 7.96. The molecule has 1 fully saturated rings. The van der Waals surface area contributed by atoms with Gasteiger partial charge in [0.25, 0.3) is 0 Å². The predicted molar refractivity (Wildman–Crippen MR) is 46.7 cm³/mol. The number of rotatable bonds is 2. The Morgan fingerprint density at radius 2 is 1.75 bits per heavy atom. The summed E-state index contributed by atoms with van der Waals surface area (Å²) in [6.07, 6.45) is 1.86. The highest BCUT2D eigenvalue weighted by Crippen LogP contribution is 2.32. The van der Waals surface area contributed by atoms with Crippen LogP contribution in [0, 0.1) is 17.8 Å². The van der Waals surface area contributed by atoms with Crippen molar-refractivity contribution in [3.05, 3.63) is 0 Å². The molecule has 0 aliphatic heterocycles. The summed E-state index contributed by atoms with van der Waals surface area (Å²) in [6.45, 7) is 5.66. The van der Waals surface area contributed by atoms with E-state index in [1.165, 1.54) is 0 Å². The van der Waals surface area contributed by atoms with Crippen LogP contribution in [0.25, 0.3) is 0 Å². The van der Waals surface area contributed by atoms with Crippen LogP contribution in [-0.4, -0.2) is 11.6 Å². The van der Waals surface area contributed by atoms with Crippen molar-refractivity contribution in [1.29, 1.82) is 0 Å². The standard InChI is InChI=1S/C10H16O2/c1-4-5-8-6(2)9(11)7(3)10(8)12/h6-8H,4-5H2,1-3H3. The van der Waals surface area contributed by atoms with Crippen LogP contribution in [0.3, 0.4) is 0 Å². The lowest BCUT2D eigenvalue weighted by Gasteiger charge is -2.09. The van der Waals surface area contributed by atoms with Gasteiger partial charge in [-0.25, -0.2) is 0 Å². The fourth-order valence-corrected chi connectivity index (χ4v) is 2.00. The van der Waals surface area contributed by atoms with Gasteiger partial charge in [-0.3, -0.25) is 9.59 Å². The van der Waals surface area contributed by atoms with E-state index in [4.69, 9.17) is 0 Å². The highest BCUT2D eigenvalue weighted by atomic mass is 16.2. The number of carbonyl (C=O) groups excluding carboxylic acids is 2. The van der Waals surface area contributed by atoms with Gasteiger partial charge >= 0.3 is 0 Å². The Morgan fingerprint density at radius 1 is 1.17 bits per heavy atom. The van der Waals surface area contributed by atoms with Crippen LogP contribution in [0.1, 0.15) is 33.6 Å². The topological polar surface area (TPSA) is 34.1 Å². The molecule has 0 aromatic rings. The van der Waals surface area contributed by atoms with Crippen molar-refractivity contribution in [2.45, 2.75) is 33.6 Å². The zero-order valence-corrected chi connectivity index (χ0v) is 7.96. The zero-order chi connectivity index (χ0) is 9.30. The molecule has 1 rings (SSSR count). The number of ketones is 2. The molecular weight excluding hydrogens is 152 g/mol. The van der Waals surface area contributed by atoms with E-state index < -0.39 is 0 Å². The van der Waals surface area contributed by atoms with Crippen LogP contribution in [0.2, 0.25) is 0 Å². The van der Waals surface area contributed by atoms with Gasteiger partial charge in [-0.05, 0) is 13.3 Å². The molecule has 0 N–H and O–H groups in total. The maximum Gasteiger partial charge on any atom is 0.146 e. The first-order valence-corrected chi connectivity index (χ1v) is 4.67. The molecule has 0 saturated heterocycles. The molecule has 3 unspecified atom stereocenters. The van der Waals surface area contributed by atoms with E-state index in [1.807, 2.05) is 13.8 Å². The first-order valence-electron chi connectivity index (χ1n) is 4.67. The smallest absolute Gasteiger partial charge is 0.146 e. The van der Waals surface area contributed by atoms with Crippen molar-refractivity contribution in [3.63, 3.8) is 0 Å². The van der Waals surface area contributed by atoms with E-state index in [2.05, 4.69) is 0 Å². The number of carbonyl (C=O) groups is 2. The number of hydrogen-bond donors (Lipinski definition) is 0. The maximum absolute atomic E-state index is 11.5. The molecule has 1 aliphatic carbocycles. The molecule has 2 nitrogen and oxygen atoms in total. The van der Waals surface area contributed by atoms with Gasteiger partial charge in [-0.15, -0.1) is 0 Å². The van der Waals surface area contributed by atoms with Gasteiger partial charge in [0, 0.05) is 11.8 Å². The van der Waals surface area contributed by atoms with Gasteiger partial charge < -0.3 is 0 Å². The summed E-state index contributed by atoms with van der Waals surface area (Å²) in [7, 11) is 0. The highest BCUT2D eigenvalue weighted by Gasteiger charge is 2.43. The van der Waals surface area contributed by atoms with E-state index in [-0.39, 0.29) is 29.3 Å². The fourth-order valence-electron chi connectivity index (χ4n) is 2.00. The molecule has 12 heavy (non-hydrogen) atoms. The van der Waals surface area contributed by atoms with E-state index in [1.54, 1.807) is 6.92 Å². The van der Waals surface area contributed by atoms with Gasteiger partial charge in [-0.2, -0.15) is 0 Å². The minimum absolute atomic E-state index is 0.0116. The highest BCUT2D eigenvalue weighted by molar-refractivity contribution is 6.10. The second kappa shape index (κ2) is 3.38. The lowest BCUT2D eigenvalue weighted by Crippen LogP contribution is -2.14. The maximum atomic E-state index is 11.5. The third-order valence-corrected chi connectivity index (χ3v) is 2.87. The third-order valence-electron chi connectivity index (χ3n) is 2.87. The molecule has 3 atom stereocenters. The Morgan fingerprint density at radius 3 is 2.08 bits per heavy atom. The van der Waals surface area contributed by atoms with Gasteiger partial charge in [-0.1, -0.05) is 20.3 Å².